The molecule has 0 aliphatic heterocycles. The molecule has 2 aromatic carbocycles. The number of ether oxygens (including phenoxy) is 1. The van der Waals surface area contributed by atoms with E-state index in [0.29, 0.717) is 16.3 Å². The second-order valence-electron chi connectivity index (χ2n) is 5.09. The molecule has 0 spiro atoms. The maximum Gasteiger partial charge on any atom is 0.184 e. The molecule has 0 aliphatic carbocycles. The number of anilines is 1. The number of ketones is 1. The first kappa shape index (κ1) is 15.4. The van der Waals surface area contributed by atoms with Gasteiger partial charge in [-0.25, -0.2) is 9.37 Å². The van der Waals surface area contributed by atoms with E-state index in [1.165, 1.54) is 17.4 Å². The average Bonchev–Trinajstić information content (AvgIpc) is 2.96. The zero-order valence-electron chi connectivity index (χ0n) is 12.7. The third-order valence-corrected chi connectivity index (χ3v) is 4.47. The van der Waals surface area contributed by atoms with Gasteiger partial charge in [0.1, 0.15) is 11.6 Å². The monoisotopic (exact) mass is 330 g/mol. The second kappa shape index (κ2) is 6.34. The van der Waals surface area contributed by atoms with Crippen LogP contribution in [0.3, 0.4) is 0 Å². The van der Waals surface area contributed by atoms with Crippen LogP contribution in [0.2, 0.25) is 0 Å². The lowest BCUT2D eigenvalue weighted by Gasteiger charge is -2.03. The Morgan fingerprint density at radius 1 is 1.30 bits per heavy atom. The van der Waals surface area contributed by atoms with Gasteiger partial charge >= 0.3 is 0 Å². The standard InChI is InChI=1S/C17H15FN2O2S/c1-10-3-4-11(7-13(10)18)15(21)9-19-17-20-14-6-5-12(22-2)8-16(14)23-17/h3-8H,9H2,1-2H3,(H,19,20). The maximum atomic E-state index is 13.5. The van der Waals surface area contributed by atoms with E-state index in [0.717, 1.165) is 16.0 Å². The van der Waals surface area contributed by atoms with Crippen LogP contribution in [0.5, 0.6) is 5.75 Å². The van der Waals surface area contributed by atoms with Crippen LogP contribution in [0.25, 0.3) is 10.2 Å². The fourth-order valence-corrected chi connectivity index (χ4v) is 3.02. The molecule has 0 atom stereocenters. The van der Waals surface area contributed by atoms with Crippen LogP contribution in [0.4, 0.5) is 9.52 Å². The van der Waals surface area contributed by atoms with Crippen molar-refractivity contribution in [2.45, 2.75) is 6.92 Å². The molecule has 6 heteroatoms. The molecule has 0 saturated carbocycles. The first-order chi connectivity index (χ1) is 11.1. The number of halogens is 1. The van der Waals surface area contributed by atoms with Crippen LogP contribution in [0.15, 0.2) is 36.4 Å². The number of fused-ring (bicyclic) bond motifs is 1. The Morgan fingerprint density at radius 2 is 2.13 bits per heavy atom. The van der Waals surface area contributed by atoms with Gasteiger partial charge in [-0.05, 0) is 36.8 Å². The van der Waals surface area contributed by atoms with Crippen molar-refractivity contribution in [2.75, 3.05) is 19.0 Å². The van der Waals surface area contributed by atoms with Crippen LogP contribution in [0.1, 0.15) is 15.9 Å². The molecule has 3 rings (SSSR count). The summed E-state index contributed by atoms with van der Waals surface area (Å²) in [4.78, 5) is 16.5. The molecule has 23 heavy (non-hydrogen) atoms. The van der Waals surface area contributed by atoms with Gasteiger partial charge < -0.3 is 10.1 Å². The van der Waals surface area contributed by atoms with Crippen LogP contribution in [-0.2, 0) is 0 Å². The van der Waals surface area contributed by atoms with Crippen molar-refractivity contribution in [1.82, 2.24) is 4.98 Å². The zero-order chi connectivity index (χ0) is 16.4. The molecule has 1 aromatic heterocycles. The molecule has 0 radical (unpaired) electrons. The Balaban J connectivity index is 1.72. The topological polar surface area (TPSA) is 51.2 Å². The molecule has 0 aliphatic rings. The fraction of sp³-hybridized carbons (Fsp3) is 0.176. The third-order valence-electron chi connectivity index (χ3n) is 3.49. The summed E-state index contributed by atoms with van der Waals surface area (Å²) in [5, 5.41) is 3.65. The Labute approximate surface area is 136 Å². The van der Waals surface area contributed by atoms with Gasteiger partial charge in [-0.1, -0.05) is 23.5 Å². The van der Waals surface area contributed by atoms with E-state index in [1.807, 2.05) is 18.2 Å². The minimum Gasteiger partial charge on any atom is -0.497 e. The van der Waals surface area contributed by atoms with E-state index in [4.69, 9.17) is 4.74 Å². The number of hydrogen-bond acceptors (Lipinski definition) is 5. The largest absolute Gasteiger partial charge is 0.497 e. The number of hydrogen-bond donors (Lipinski definition) is 1. The normalized spacial score (nSPS) is 10.7. The highest BCUT2D eigenvalue weighted by molar-refractivity contribution is 7.22. The third kappa shape index (κ3) is 3.32. The van der Waals surface area contributed by atoms with Crippen molar-refractivity contribution < 1.29 is 13.9 Å². The number of nitrogens with zero attached hydrogens (tertiary/aromatic N) is 1. The summed E-state index contributed by atoms with van der Waals surface area (Å²) in [6.07, 6.45) is 0. The number of nitrogens with one attached hydrogen (secondary N) is 1. The first-order valence-electron chi connectivity index (χ1n) is 7.04. The Hall–Kier alpha value is -2.47. The minimum absolute atomic E-state index is 0.0689. The Bertz CT molecular complexity index is 876. The van der Waals surface area contributed by atoms with Crippen molar-refractivity contribution in [2.24, 2.45) is 0 Å². The van der Waals surface area contributed by atoms with Gasteiger partial charge in [0, 0.05) is 5.56 Å². The molecule has 0 unspecified atom stereocenters. The molecule has 1 N–H and O–H groups in total. The number of carbonyl (C=O) groups excluding carboxylic acids is 1. The fourth-order valence-electron chi connectivity index (χ4n) is 2.13. The number of aryl methyl sites for hydroxylation is 1. The minimum atomic E-state index is -0.372. The lowest BCUT2D eigenvalue weighted by atomic mass is 10.1. The molecule has 0 saturated heterocycles. The summed E-state index contributed by atoms with van der Waals surface area (Å²) in [6, 6.07) is 10.1. The lowest BCUT2D eigenvalue weighted by Crippen LogP contribution is -2.14. The summed E-state index contributed by atoms with van der Waals surface area (Å²) in [6.45, 7) is 1.73. The van der Waals surface area contributed by atoms with Gasteiger partial charge in [0.15, 0.2) is 10.9 Å². The zero-order valence-corrected chi connectivity index (χ0v) is 13.5. The van der Waals surface area contributed by atoms with E-state index < -0.39 is 0 Å². The molecular weight excluding hydrogens is 315 g/mol. The van der Waals surface area contributed by atoms with Crippen molar-refractivity contribution >= 4 is 32.5 Å². The van der Waals surface area contributed by atoms with E-state index in [2.05, 4.69) is 10.3 Å². The number of benzene rings is 2. The maximum absolute atomic E-state index is 13.5. The number of thiazole rings is 1. The number of carbonyl (C=O) groups is 1. The molecule has 0 amide bonds. The lowest BCUT2D eigenvalue weighted by molar-refractivity contribution is 0.101. The van der Waals surface area contributed by atoms with Gasteiger partial charge in [0.25, 0.3) is 0 Å². The van der Waals surface area contributed by atoms with Gasteiger partial charge in [-0.2, -0.15) is 0 Å². The average molecular weight is 330 g/mol. The summed E-state index contributed by atoms with van der Waals surface area (Å²) in [5.41, 5.74) is 1.71. The Morgan fingerprint density at radius 3 is 2.87 bits per heavy atom. The van der Waals surface area contributed by atoms with E-state index in [9.17, 15) is 9.18 Å². The van der Waals surface area contributed by atoms with Crippen molar-refractivity contribution in [3.05, 3.63) is 53.3 Å². The molecule has 0 fully saturated rings. The van der Waals surface area contributed by atoms with E-state index in [1.54, 1.807) is 26.2 Å². The van der Waals surface area contributed by atoms with Crippen LogP contribution < -0.4 is 10.1 Å². The van der Waals surface area contributed by atoms with Gasteiger partial charge in [0.2, 0.25) is 0 Å². The highest BCUT2D eigenvalue weighted by Crippen LogP contribution is 2.29. The molecule has 1 heterocycles. The smallest absolute Gasteiger partial charge is 0.184 e. The van der Waals surface area contributed by atoms with Crippen LogP contribution >= 0.6 is 11.3 Å². The van der Waals surface area contributed by atoms with E-state index >= 15 is 0 Å². The first-order valence-corrected chi connectivity index (χ1v) is 7.86. The van der Waals surface area contributed by atoms with Crippen molar-refractivity contribution in [1.29, 1.82) is 0 Å². The van der Waals surface area contributed by atoms with Crippen molar-refractivity contribution in [3.63, 3.8) is 0 Å². The summed E-state index contributed by atoms with van der Waals surface area (Å²) in [5.74, 6) is 0.211. The quantitative estimate of drug-likeness (QED) is 0.717. The summed E-state index contributed by atoms with van der Waals surface area (Å²) >= 11 is 1.44. The van der Waals surface area contributed by atoms with Gasteiger partial charge in [-0.15, -0.1) is 0 Å². The van der Waals surface area contributed by atoms with Gasteiger partial charge in [-0.3, -0.25) is 4.79 Å². The summed E-state index contributed by atoms with van der Waals surface area (Å²) < 4.78 is 19.7. The molecule has 0 bridgehead atoms. The van der Waals surface area contributed by atoms with Gasteiger partial charge in [0.05, 0.1) is 23.9 Å². The SMILES string of the molecule is COc1ccc2nc(NCC(=O)c3ccc(C)c(F)c3)sc2c1. The second-order valence-corrected chi connectivity index (χ2v) is 6.12. The highest BCUT2D eigenvalue weighted by Gasteiger charge is 2.10. The summed E-state index contributed by atoms with van der Waals surface area (Å²) in [7, 11) is 1.61. The Kier molecular flexibility index (Phi) is 4.25. The van der Waals surface area contributed by atoms with E-state index in [-0.39, 0.29) is 18.1 Å². The number of methoxy groups -OCH3 is 1. The molecular formula is C17H15FN2O2S. The van der Waals surface area contributed by atoms with Crippen LogP contribution in [0, 0.1) is 12.7 Å². The predicted molar refractivity (Wildman–Crippen MR) is 90.1 cm³/mol. The van der Waals surface area contributed by atoms with Crippen LogP contribution in [-0.4, -0.2) is 24.4 Å². The number of Topliss-reactive ketones (excluding diaryl/α,β-unsaturated/α-hetero) is 1. The van der Waals surface area contributed by atoms with Crippen molar-refractivity contribution in [3.8, 4) is 5.75 Å². The number of rotatable bonds is 5. The highest BCUT2D eigenvalue weighted by atomic mass is 32.1. The predicted octanol–water partition coefficient (Wildman–Crippen LogP) is 4.05. The number of aromatic nitrogens is 1. The molecule has 3 aromatic rings. The molecule has 4 nitrogen and oxygen atoms in total. The molecule has 118 valence electrons.